The van der Waals surface area contributed by atoms with E-state index in [0.717, 1.165) is 23.6 Å². The van der Waals surface area contributed by atoms with E-state index in [-0.39, 0.29) is 0 Å². The quantitative estimate of drug-likeness (QED) is 0.801. The zero-order valence-electron chi connectivity index (χ0n) is 11.4. The molecule has 0 heterocycles. The molecule has 0 saturated carbocycles. The molecule has 96 valence electrons. The van der Waals surface area contributed by atoms with Crippen LogP contribution in [0.25, 0.3) is 0 Å². The highest BCUT2D eigenvalue weighted by Gasteiger charge is 2.11. The third-order valence-electron chi connectivity index (χ3n) is 3.25. The lowest BCUT2D eigenvalue weighted by Gasteiger charge is -2.21. The van der Waals surface area contributed by atoms with Crippen LogP contribution in [0.5, 0.6) is 0 Å². The molecular formula is C15H24ClN. The number of rotatable bonds is 6. The van der Waals surface area contributed by atoms with Gasteiger partial charge in [0, 0.05) is 11.1 Å². The first-order valence-corrected chi connectivity index (χ1v) is 6.90. The molecule has 1 aromatic rings. The summed E-state index contributed by atoms with van der Waals surface area (Å²) in [5, 5.41) is 4.43. The summed E-state index contributed by atoms with van der Waals surface area (Å²) in [6.45, 7) is 9.79. The Hall–Kier alpha value is -0.530. The SMILES string of the molecule is CCNC(CCc1ccc(C)c(Cl)c1)C(C)C. The molecule has 0 spiro atoms. The Labute approximate surface area is 111 Å². The minimum absolute atomic E-state index is 0.597. The topological polar surface area (TPSA) is 12.0 Å². The van der Waals surface area contributed by atoms with E-state index >= 15 is 0 Å². The second kappa shape index (κ2) is 7.03. The fraction of sp³-hybridized carbons (Fsp3) is 0.600. The van der Waals surface area contributed by atoms with Crippen molar-refractivity contribution in [2.24, 2.45) is 5.92 Å². The molecule has 1 rings (SSSR count). The summed E-state index contributed by atoms with van der Waals surface area (Å²) >= 11 is 6.14. The van der Waals surface area contributed by atoms with Gasteiger partial charge in [-0.3, -0.25) is 0 Å². The van der Waals surface area contributed by atoms with Crippen molar-refractivity contribution >= 4 is 11.6 Å². The van der Waals surface area contributed by atoms with E-state index in [2.05, 4.69) is 44.3 Å². The van der Waals surface area contributed by atoms with Crippen LogP contribution in [0.3, 0.4) is 0 Å². The zero-order valence-corrected chi connectivity index (χ0v) is 12.1. The maximum absolute atomic E-state index is 6.14. The maximum Gasteiger partial charge on any atom is 0.0437 e. The minimum Gasteiger partial charge on any atom is -0.314 e. The smallest absolute Gasteiger partial charge is 0.0437 e. The first-order chi connectivity index (χ1) is 8.04. The van der Waals surface area contributed by atoms with Gasteiger partial charge in [-0.25, -0.2) is 0 Å². The van der Waals surface area contributed by atoms with Gasteiger partial charge in [0.15, 0.2) is 0 Å². The van der Waals surface area contributed by atoms with E-state index in [4.69, 9.17) is 11.6 Å². The second-order valence-electron chi connectivity index (χ2n) is 5.03. The van der Waals surface area contributed by atoms with Crippen LogP contribution in [0.4, 0.5) is 0 Å². The highest BCUT2D eigenvalue weighted by atomic mass is 35.5. The molecule has 1 atom stereocenters. The fourth-order valence-corrected chi connectivity index (χ4v) is 2.25. The summed E-state index contributed by atoms with van der Waals surface area (Å²) in [6.07, 6.45) is 2.26. The molecule has 1 unspecified atom stereocenters. The van der Waals surface area contributed by atoms with Crippen LogP contribution in [0, 0.1) is 12.8 Å². The summed E-state index contributed by atoms with van der Waals surface area (Å²) in [5.41, 5.74) is 2.49. The van der Waals surface area contributed by atoms with E-state index in [1.54, 1.807) is 0 Å². The molecule has 0 aromatic heterocycles. The summed E-state index contributed by atoms with van der Waals surface area (Å²) in [4.78, 5) is 0. The Morgan fingerprint density at radius 3 is 2.53 bits per heavy atom. The first-order valence-electron chi connectivity index (χ1n) is 6.53. The van der Waals surface area contributed by atoms with Crippen LogP contribution < -0.4 is 5.32 Å². The van der Waals surface area contributed by atoms with Gasteiger partial charge in [0.1, 0.15) is 0 Å². The standard InChI is InChI=1S/C15H24ClN/c1-5-17-15(11(2)3)9-8-13-7-6-12(4)14(16)10-13/h6-7,10-11,15,17H,5,8-9H2,1-4H3. The summed E-state index contributed by atoms with van der Waals surface area (Å²) in [7, 11) is 0. The van der Waals surface area contributed by atoms with Gasteiger partial charge in [-0.1, -0.05) is 44.5 Å². The van der Waals surface area contributed by atoms with Gasteiger partial charge in [-0.2, -0.15) is 0 Å². The van der Waals surface area contributed by atoms with Crippen molar-refractivity contribution in [3.05, 3.63) is 34.3 Å². The third kappa shape index (κ3) is 4.69. The molecule has 0 bridgehead atoms. The van der Waals surface area contributed by atoms with Gasteiger partial charge in [-0.05, 0) is 49.4 Å². The normalized spacial score (nSPS) is 13.1. The van der Waals surface area contributed by atoms with Crippen LogP contribution in [0.2, 0.25) is 5.02 Å². The van der Waals surface area contributed by atoms with Crippen molar-refractivity contribution < 1.29 is 0 Å². The number of halogens is 1. The van der Waals surface area contributed by atoms with E-state index in [9.17, 15) is 0 Å². The average molecular weight is 254 g/mol. The second-order valence-corrected chi connectivity index (χ2v) is 5.44. The molecule has 0 radical (unpaired) electrons. The molecule has 0 fully saturated rings. The van der Waals surface area contributed by atoms with Gasteiger partial charge in [0.05, 0.1) is 0 Å². The molecule has 1 nitrogen and oxygen atoms in total. The Morgan fingerprint density at radius 2 is 2.00 bits per heavy atom. The monoisotopic (exact) mass is 253 g/mol. The predicted molar refractivity (Wildman–Crippen MR) is 76.8 cm³/mol. The molecule has 2 heteroatoms. The molecule has 17 heavy (non-hydrogen) atoms. The summed E-state index contributed by atoms with van der Waals surface area (Å²) < 4.78 is 0. The fourth-order valence-electron chi connectivity index (χ4n) is 2.05. The van der Waals surface area contributed by atoms with E-state index in [0.29, 0.717) is 12.0 Å². The number of hydrogen-bond acceptors (Lipinski definition) is 1. The minimum atomic E-state index is 0.597. The summed E-state index contributed by atoms with van der Waals surface area (Å²) in [6, 6.07) is 6.99. The van der Waals surface area contributed by atoms with Crippen molar-refractivity contribution in [3.63, 3.8) is 0 Å². The molecule has 0 saturated heterocycles. The Kier molecular flexibility index (Phi) is 6.01. The van der Waals surface area contributed by atoms with E-state index < -0.39 is 0 Å². The highest BCUT2D eigenvalue weighted by Crippen LogP contribution is 2.19. The molecule has 1 N–H and O–H groups in total. The number of aryl methyl sites for hydroxylation is 2. The molecule has 0 aliphatic carbocycles. The first kappa shape index (κ1) is 14.5. The lowest BCUT2D eigenvalue weighted by atomic mass is 9.96. The maximum atomic E-state index is 6.14. The molecule has 1 aromatic carbocycles. The van der Waals surface area contributed by atoms with Crippen LogP contribution in [-0.4, -0.2) is 12.6 Å². The van der Waals surface area contributed by atoms with Crippen molar-refractivity contribution in [3.8, 4) is 0 Å². The lowest BCUT2D eigenvalue weighted by Crippen LogP contribution is -2.34. The molecule has 0 amide bonds. The third-order valence-corrected chi connectivity index (χ3v) is 3.66. The van der Waals surface area contributed by atoms with E-state index in [1.165, 1.54) is 12.0 Å². The van der Waals surface area contributed by atoms with Crippen molar-refractivity contribution in [1.82, 2.24) is 5.32 Å². The van der Waals surface area contributed by atoms with Gasteiger partial charge in [0.2, 0.25) is 0 Å². The Balaban J connectivity index is 2.56. The summed E-state index contributed by atoms with van der Waals surface area (Å²) in [5.74, 6) is 0.677. The molecular weight excluding hydrogens is 230 g/mol. The van der Waals surface area contributed by atoms with Crippen molar-refractivity contribution in [1.29, 1.82) is 0 Å². The van der Waals surface area contributed by atoms with Gasteiger partial charge < -0.3 is 5.32 Å². The van der Waals surface area contributed by atoms with Crippen LogP contribution in [-0.2, 0) is 6.42 Å². The highest BCUT2D eigenvalue weighted by molar-refractivity contribution is 6.31. The van der Waals surface area contributed by atoms with Crippen LogP contribution in [0.1, 0.15) is 38.3 Å². The average Bonchev–Trinajstić information content (AvgIpc) is 2.28. The van der Waals surface area contributed by atoms with Gasteiger partial charge >= 0.3 is 0 Å². The van der Waals surface area contributed by atoms with Gasteiger partial charge in [0.25, 0.3) is 0 Å². The van der Waals surface area contributed by atoms with Crippen LogP contribution in [0.15, 0.2) is 18.2 Å². The molecule has 0 aliphatic rings. The number of nitrogens with one attached hydrogen (secondary N) is 1. The van der Waals surface area contributed by atoms with Crippen LogP contribution >= 0.6 is 11.6 Å². The zero-order chi connectivity index (χ0) is 12.8. The lowest BCUT2D eigenvalue weighted by molar-refractivity contribution is 0.385. The van der Waals surface area contributed by atoms with E-state index in [1.807, 2.05) is 6.92 Å². The van der Waals surface area contributed by atoms with Gasteiger partial charge in [-0.15, -0.1) is 0 Å². The largest absolute Gasteiger partial charge is 0.314 e. The predicted octanol–water partition coefficient (Wildman–Crippen LogP) is 4.22. The van der Waals surface area contributed by atoms with Crippen molar-refractivity contribution in [2.75, 3.05) is 6.54 Å². The molecule has 0 aliphatic heterocycles. The number of benzene rings is 1. The number of hydrogen-bond donors (Lipinski definition) is 1. The van der Waals surface area contributed by atoms with Crippen molar-refractivity contribution in [2.45, 2.75) is 46.6 Å². The Bertz CT molecular complexity index is 347. The Morgan fingerprint density at radius 1 is 1.29 bits per heavy atom.